The Hall–Kier alpha value is -2.21. The van der Waals surface area contributed by atoms with Gasteiger partial charge in [0.1, 0.15) is 11.9 Å². The first-order chi connectivity index (χ1) is 8.66. The number of nitrogens with zero attached hydrogens (tertiary/aromatic N) is 3. The first kappa shape index (κ1) is 12.3. The lowest BCUT2D eigenvalue weighted by Crippen LogP contribution is -2.20. The zero-order valence-electron chi connectivity index (χ0n) is 9.91. The van der Waals surface area contributed by atoms with Gasteiger partial charge in [-0.05, 0) is 13.1 Å². The van der Waals surface area contributed by atoms with E-state index in [1.807, 2.05) is 18.0 Å². The lowest BCUT2D eigenvalue weighted by molar-refractivity contribution is 0.0693. The van der Waals surface area contributed by atoms with Gasteiger partial charge in [0.15, 0.2) is 0 Å². The Bertz CT molecular complexity index is 525. The zero-order chi connectivity index (χ0) is 13.0. The Morgan fingerprint density at radius 2 is 2.33 bits per heavy atom. The third-order valence-corrected chi connectivity index (χ3v) is 2.48. The third kappa shape index (κ3) is 2.92. The van der Waals surface area contributed by atoms with Crippen molar-refractivity contribution in [1.82, 2.24) is 14.9 Å². The molecule has 2 heterocycles. The molecule has 0 bridgehead atoms. The highest BCUT2D eigenvalue weighted by atomic mass is 16.4. The average molecular weight is 247 g/mol. The van der Waals surface area contributed by atoms with Gasteiger partial charge in [-0.3, -0.25) is 4.90 Å². The summed E-state index contributed by atoms with van der Waals surface area (Å²) in [7, 11) is 1.89. The molecule has 0 saturated heterocycles. The molecule has 2 aromatic heterocycles. The lowest BCUT2D eigenvalue weighted by atomic mass is 10.2. The zero-order valence-corrected chi connectivity index (χ0v) is 9.91. The van der Waals surface area contributed by atoms with Crippen LogP contribution < -0.4 is 0 Å². The maximum atomic E-state index is 11.0. The first-order valence-electron chi connectivity index (χ1n) is 5.38. The van der Waals surface area contributed by atoms with E-state index in [0.717, 1.165) is 5.56 Å². The molecule has 6 heteroatoms. The van der Waals surface area contributed by atoms with Crippen LogP contribution in [0.1, 0.15) is 21.6 Å². The second-order valence-electron chi connectivity index (χ2n) is 3.99. The van der Waals surface area contributed by atoms with Gasteiger partial charge in [-0.25, -0.2) is 14.8 Å². The molecular weight excluding hydrogens is 234 g/mol. The maximum Gasteiger partial charge on any atom is 0.339 e. The molecule has 0 amide bonds. The largest absolute Gasteiger partial charge is 0.478 e. The van der Waals surface area contributed by atoms with Crippen LogP contribution in [-0.2, 0) is 13.1 Å². The van der Waals surface area contributed by atoms with Crippen molar-refractivity contribution in [2.24, 2.45) is 0 Å². The topological polar surface area (TPSA) is 79.5 Å². The van der Waals surface area contributed by atoms with Gasteiger partial charge in [0.2, 0.25) is 0 Å². The highest BCUT2D eigenvalue weighted by Gasteiger charge is 2.13. The fourth-order valence-corrected chi connectivity index (χ4v) is 1.67. The van der Waals surface area contributed by atoms with Crippen molar-refractivity contribution in [3.63, 3.8) is 0 Å². The highest BCUT2D eigenvalue weighted by Crippen LogP contribution is 2.10. The minimum atomic E-state index is -1.01. The number of carboxylic acid groups (broad SMARTS) is 1. The molecular formula is C12H13N3O3. The van der Waals surface area contributed by atoms with Crippen LogP contribution >= 0.6 is 0 Å². The number of furan rings is 1. The molecule has 0 saturated carbocycles. The smallest absolute Gasteiger partial charge is 0.339 e. The molecule has 0 radical (unpaired) electrons. The number of carbonyl (C=O) groups is 1. The van der Waals surface area contributed by atoms with Crippen LogP contribution in [0.3, 0.4) is 0 Å². The predicted octanol–water partition coefficient (Wildman–Crippen LogP) is 1.40. The predicted molar refractivity (Wildman–Crippen MR) is 62.9 cm³/mol. The van der Waals surface area contributed by atoms with Crippen LogP contribution in [0.25, 0.3) is 0 Å². The van der Waals surface area contributed by atoms with Crippen molar-refractivity contribution < 1.29 is 14.3 Å². The molecule has 0 spiro atoms. The van der Waals surface area contributed by atoms with Crippen molar-refractivity contribution >= 4 is 5.97 Å². The third-order valence-electron chi connectivity index (χ3n) is 2.48. The van der Waals surface area contributed by atoms with Crippen molar-refractivity contribution in [3.8, 4) is 0 Å². The lowest BCUT2D eigenvalue weighted by Gasteiger charge is -2.15. The van der Waals surface area contributed by atoms with Gasteiger partial charge in [0.05, 0.1) is 18.2 Å². The number of hydrogen-bond donors (Lipinski definition) is 1. The summed E-state index contributed by atoms with van der Waals surface area (Å²) in [6, 6.07) is 1.87. The van der Waals surface area contributed by atoms with Gasteiger partial charge in [-0.1, -0.05) is 0 Å². The van der Waals surface area contributed by atoms with Crippen molar-refractivity contribution in [1.29, 1.82) is 0 Å². The summed E-state index contributed by atoms with van der Waals surface area (Å²) < 4.78 is 4.98. The molecule has 94 valence electrons. The number of hydrogen-bond acceptors (Lipinski definition) is 5. The summed E-state index contributed by atoms with van der Waals surface area (Å²) in [5, 5.41) is 9.02. The Kier molecular flexibility index (Phi) is 3.69. The van der Waals surface area contributed by atoms with Gasteiger partial charge < -0.3 is 9.52 Å². The molecule has 0 aliphatic heterocycles. The maximum absolute atomic E-state index is 11.0. The summed E-state index contributed by atoms with van der Waals surface area (Å²) in [4.78, 5) is 20.7. The van der Waals surface area contributed by atoms with E-state index in [4.69, 9.17) is 9.52 Å². The molecule has 0 aromatic carbocycles. The monoisotopic (exact) mass is 247 g/mol. The molecule has 2 rings (SSSR count). The molecule has 18 heavy (non-hydrogen) atoms. The van der Waals surface area contributed by atoms with E-state index >= 15 is 0 Å². The SMILES string of the molecule is CN(Cc1ccoc1)Cc1ncncc1C(=O)O. The summed E-state index contributed by atoms with van der Waals surface area (Å²) in [6.45, 7) is 1.11. The van der Waals surface area contributed by atoms with Gasteiger partial charge in [0.25, 0.3) is 0 Å². The van der Waals surface area contributed by atoms with E-state index in [1.54, 1.807) is 12.5 Å². The normalized spacial score (nSPS) is 10.8. The fraction of sp³-hybridized carbons (Fsp3) is 0.250. The Morgan fingerprint density at radius 3 is 3.00 bits per heavy atom. The fourth-order valence-electron chi connectivity index (χ4n) is 1.67. The van der Waals surface area contributed by atoms with E-state index in [-0.39, 0.29) is 5.56 Å². The molecule has 2 aromatic rings. The van der Waals surface area contributed by atoms with Gasteiger partial charge in [-0.15, -0.1) is 0 Å². The summed E-state index contributed by atoms with van der Waals surface area (Å²) in [5.74, 6) is -1.01. The molecule has 6 nitrogen and oxygen atoms in total. The van der Waals surface area contributed by atoms with Crippen molar-refractivity contribution in [3.05, 3.63) is 47.9 Å². The summed E-state index contributed by atoms with van der Waals surface area (Å²) in [6.07, 6.45) is 5.94. The molecule has 1 N–H and O–H groups in total. The van der Waals surface area contributed by atoms with Crippen LogP contribution in [0.15, 0.2) is 35.5 Å². The van der Waals surface area contributed by atoms with Crippen LogP contribution in [0, 0.1) is 0 Å². The van der Waals surface area contributed by atoms with Gasteiger partial charge in [-0.2, -0.15) is 0 Å². The van der Waals surface area contributed by atoms with E-state index < -0.39 is 5.97 Å². The van der Waals surface area contributed by atoms with Crippen molar-refractivity contribution in [2.45, 2.75) is 13.1 Å². The molecule has 0 unspecified atom stereocenters. The summed E-state index contributed by atoms with van der Waals surface area (Å²) >= 11 is 0. The quantitative estimate of drug-likeness (QED) is 0.860. The average Bonchev–Trinajstić information content (AvgIpc) is 2.82. The van der Waals surface area contributed by atoms with E-state index in [1.165, 1.54) is 12.5 Å². The Balaban J connectivity index is 2.07. The van der Waals surface area contributed by atoms with Crippen LogP contribution in [0.5, 0.6) is 0 Å². The van der Waals surface area contributed by atoms with Crippen LogP contribution in [0.2, 0.25) is 0 Å². The molecule has 0 atom stereocenters. The first-order valence-corrected chi connectivity index (χ1v) is 5.38. The number of rotatable bonds is 5. The van der Waals surface area contributed by atoms with E-state index in [2.05, 4.69) is 9.97 Å². The number of carboxylic acids is 1. The molecule has 0 aliphatic rings. The standard InChI is InChI=1S/C12H13N3O3/c1-15(5-9-2-3-18-7-9)6-11-10(12(16)17)4-13-8-14-11/h2-4,7-8H,5-6H2,1H3,(H,16,17). The minimum Gasteiger partial charge on any atom is -0.478 e. The van der Waals surface area contributed by atoms with Crippen molar-refractivity contribution in [2.75, 3.05) is 7.05 Å². The van der Waals surface area contributed by atoms with Crippen LogP contribution in [0.4, 0.5) is 0 Å². The number of aromatic nitrogens is 2. The highest BCUT2D eigenvalue weighted by molar-refractivity contribution is 5.88. The Labute approximate surface area is 104 Å². The minimum absolute atomic E-state index is 0.136. The number of aromatic carboxylic acids is 1. The molecule has 0 fully saturated rings. The van der Waals surface area contributed by atoms with Gasteiger partial charge in [0, 0.05) is 24.8 Å². The van der Waals surface area contributed by atoms with Crippen LogP contribution in [-0.4, -0.2) is 33.0 Å². The molecule has 0 aliphatic carbocycles. The second kappa shape index (κ2) is 5.42. The van der Waals surface area contributed by atoms with E-state index in [0.29, 0.717) is 18.8 Å². The van der Waals surface area contributed by atoms with Gasteiger partial charge >= 0.3 is 5.97 Å². The van der Waals surface area contributed by atoms with E-state index in [9.17, 15) is 4.79 Å². The Morgan fingerprint density at radius 1 is 1.50 bits per heavy atom. The summed E-state index contributed by atoms with van der Waals surface area (Å²) in [5.41, 5.74) is 1.67. The second-order valence-corrected chi connectivity index (χ2v) is 3.99.